The van der Waals surface area contributed by atoms with Crippen molar-refractivity contribution in [3.8, 4) is 0 Å². The summed E-state index contributed by atoms with van der Waals surface area (Å²) >= 11 is 0. The molecule has 0 N–H and O–H groups in total. The monoisotopic (exact) mass is 354 g/mol. The Kier molecular flexibility index (Phi) is 5.32. The molecule has 1 aromatic carbocycles. The molecule has 2 aliphatic rings. The summed E-state index contributed by atoms with van der Waals surface area (Å²) in [6.45, 7) is 4.93. The number of rotatable bonds is 6. The van der Waals surface area contributed by atoms with Gasteiger partial charge in [0.05, 0.1) is 25.2 Å². The molecule has 26 heavy (non-hydrogen) atoms. The number of benzene rings is 1. The van der Waals surface area contributed by atoms with Crippen molar-refractivity contribution < 1.29 is 9.53 Å². The smallest absolute Gasteiger partial charge is 0.225 e. The van der Waals surface area contributed by atoms with Crippen molar-refractivity contribution in [3.05, 3.63) is 54.4 Å². The first kappa shape index (κ1) is 17.2. The molecule has 0 unspecified atom stereocenters. The summed E-state index contributed by atoms with van der Waals surface area (Å²) in [4.78, 5) is 17.1. The molecule has 4 rings (SSSR count). The van der Waals surface area contributed by atoms with Crippen LogP contribution in [0.4, 0.5) is 0 Å². The Morgan fingerprint density at radius 1 is 1.12 bits per heavy atom. The SMILES string of the molecule is O=C1CCO[C@H]2CN(CCCn3cccn3)C[C@@H]2N1Cc1ccccc1. The fraction of sp³-hybridized carbons (Fsp3) is 0.500. The van der Waals surface area contributed by atoms with E-state index in [1.54, 1.807) is 0 Å². The van der Waals surface area contributed by atoms with E-state index >= 15 is 0 Å². The summed E-state index contributed by atoms with van der Waals surface area (Å²) in [6, 6.07) is 12.3. The molecule has 138 valence electrons. The quantitative estimate of drug-likeness (QED) is 0.793. The lowest BCUT2D eigenvalue weighted by Crippen LogP contribution is -2.45. The number of nitrogens with zero attached hydrogens (tertiary/aromatic N) is 4. The van der Waals surface area contributed by atoms with Crippen LogP contribution in [-0.2, 0) is 22.6 Å². The van der Waals surface area contributed by atoms with Crippen molar-refractivity contribution in [3.63, 3.8) is 0 Å². The fourth-order valence-corrected chi connectivity index (χ4v) is 3.98. The summed E-state index contributed by atoms with van der Waals surface area (Å²) in [6.07, 6.45) is 5.47. The van der Waals surface area contributed by atoms with E-state index < -0.39 is 0 Å². The molecule has 2 aromatic rings. The lowest BCUT2D eigenvalue weighted by atomic mass is 10.1. The summed E-state index contributed by atoms with van der Waals surface area (Å²) in [5.41, 5.74) is 1.18. The molecule has 0 radical (unpaired) electrons. The number of aryl methyl sites for hydroxylation is 1. The van der Waals surface area contributed by atoms with E-state index in [1.807, 2.05) is 46.2 Å². The van der Waals surface area contributed by atoms with Gasteiger partial charge in [-0.25, -0.2) is 0 Å². The van der Waals surface area contributed by atoms with Crippen molar-refractivity contribution in [1.29, 1.82) is 0 Å². The molecule has 0 spiro atoms. The first-order chi connectivity index (χ1) is 12.8. The molecule has 1 aromatic heterocycles. The molecule has 2 fully saturated rings. The van der Waals surface area contributed by atoms with E-state index in [-0.39, 0.29) is 18.1 Å². The average Bonchev–Trinajstić information content (AvgIpc) is 3.28. The minimum Gasteiger partial charge on any atom is -0.374 e. The number of aromatic nitrogens is 2. The molecule has 3 heterocycles. The summed E-state index contributed by atoms with van der Waals surface area (Å²) < 4.78 is 7.99. The van der Waals surface area contributed by atoms with Gasteiger partial charge in [-0.2, -0.15) is 5.10 Å². The Morgan fingerprint density at radius 3 is 2.81 bits per heavy atom. The normalized spacial score (nSPS) is 23.8. The zero-order valence-corrected chi connectivity index (χ0v) is 15.0. The van der Waals surface area contributed by atoms with Crippen LogP contribution in [0.5, 0.6) is 0 Å². The number of carbonyl (C=O) groups excluding carboxylic acids is 1. The van der Waals surface area contributed by atoms with Gasteiger partial charge in [-0.1, -0.05) is 30.3 Å². The van der Waals surface area contributed by atoms with Crippen LogP contribution in [0, 0.1) is 0 Å². The first-order valence-corrected chi connectivity index (χ1v) is 9.44. The van der Waals surface area contributed by atoms with E-state index in [9.17, 15) is 4.79 Å². The van der Waals surface area contributed by atoms with Crippen molar-refractivity contribution in [2.24, 2.45) is 0 Å². The summed E-state index contributed by atoms with van der Waals surface area (Å²) in [5, 5.41) is 4.25. The zero-order valence-electron chi connectivity index (χ0n) is 15.0. The number of ether oxygens (including phenoxy) is 1. The minimum atomic E-state index is 0.120. The topological polar surface area (TPSA) is 50.6 Å². The van der Waals surface area contributed by atoms with Crippen LogP contribution >= 0.6 is 0 Å². The van der Waals surface area contributed by atoms with Crippen molar-refractivity contribution in [2.45, 2.75) is 38.1 Å². The zero-order chi connectivity index (χ0) is 17.8. The predicted molar refractivity (Wildman–Crippen MR) is 98.4 cm³/mol. The van der Waals surface area contributed by atoms with Gasteiger partial charge in [-0.15, -0.1) is 0 Å². The van der Waals surface area contributed by atoms with Crippen LogP contribution < -0.4 is 0 Å². The van der Waals surface area contributed by atoms with Gasteiger partial charge in [0, 0.05) is 45.1 Å². The van der Waals surface area contributed by atoms with Crippen molar-refractivity contribution in [2.75, 3.05) is 26.2 Å². The highest BCUT2D eigenvalue weighted by molar-refractivity contribution is 5.77. The molecule has 0 saturated carbocycles. The third-order valence-corrected chi connectivity index (χ3v) is 5.30. The maximum absolute atomic E-state index is 12.7. The number of likely N-dealkylation sites (tertiary alicyclic amines) is 1. The van der Waals surface area contributed by atoms with Crippen LogP contribution in [0.2, 0.25) is 0 Å². The molecule has 2 atom stereocenters. The number of carbonyl (C=O) groups is 1. The molecule has 0 bridgehead atoms. The second kappa shape index (κ2) is 8.01. The lowest BCUT2D eigenvalue weighted by molar-refractivity contribution is -0.133. The Morgan fingerprint density at radius 2 is 2.00 bits per heavy atom. The van der Waals surface area contributed by atoms with Gasteiger partial charge in [-0.05, 0) is 18.1 Å². The Balaban J connectivity index is 1.38. The second-order valence-electron chi connectivity index (χ2n) is 7.12. The van der Waals surface area contributed by atoms with Gasteiger partial charge in [0.15, 0.2) is 0 Å². The highest BCUT2D eigenvalue weighted by atomic mass is 16.5. The van der Waals surface area contributed by atoms with Gasteiger partial charge in [0.25, 0.3) is 0 Å². The van der Waals surface area contributed by atoms with Gasteiger partial charge in [0.2, 0.25) is 5.91 Å². The minimum absolute atomic E-state index is 0.120. The highest BCUT2D eigenvalue weighted by Gasteiger charge is 2.40. The second-order valence-corrected chi connectivity index (χ2v) is 7.12. The Hall–Kier alpha value is -2.18. The maximum Gasteiger partial charge on any atom is 0.225 e. The number of hydrogen-bond donors (Lipinski definition) is 0. The van der Waals surface area contributed by atoms with Crippen molar-refractivity contribution in [1.82, 2.24) is 19.6 Å². The molecule has 2 saturated heterocycles. The first-order valence-electron chi connectivity index (χ1n) is 9.44. The fourth-order valence-electron chi connectivity index (χ4n) is 3.98. The van der Waals surface area contributed by atoms with E-state index in [0.717, 1.165) is 32.6 Å². The molecule has 0 aliphatic carbocycles. The van der Waals surface area contributed by atoms with Crippen LogP contribution in [0.15, 0.2) is 48.8 Å². The standard InChI is InChI=1S/C20H26N4O2/c25-20-8-13-26-19-16-22(10-5-12-23-11-4-9-21-23)15-18(19)24(20)14-17-6-2-1-3-7-17/h1-4,6-7,9,11,18-19H,5,8,10,12-16H2/t18-,19-/m0/s1. The lowest BCUT2D eigenvalue weighted by Gasteiger charge is -2.30. The van der Waals surface area contributed by atoms with Crippen LogP contribution in [0.3, 0.4) is 0 Å². The maximum atomic E-state index is 12.7. The van der Waals surface area contributed by atoms with E-state index in [2.05, 4.69) is 22.1 Å². The Bertz CT molecular complexity index is 704. The number of fused-ring (bicyclic) bond motifs is 1. The number of hydrogen-bond acceptors (Lipinski definition) is 4. The van der Waals surface area contributed by atoms with Gasteiger partial charge in [-0.3, -0.25) is 14.4 Å². The van der Waals surface area contributed by atoms with E-state index in [1.165, 1.54) is 5.56 Å². The molecule has 2 aliphatic heterocycles. The summed E-state index contributed by atoms with van der Waals surface area (Å²) in [5.74, 6) is 0.208. The van der Waals surface area contributed by atoms with Crippen LogP contribution in [0.25, 0.3) is 0 Å². The van der Waals surface area contributed by atoms with Gasteiger partial charge >= 0.3 is 0 Å². The molecular weight excluding hydrogens is 328 g/mol. The molecular formula is C20H26N4O2. The third kappa shape index (κ3) is 3.97. The Labute approximate surface area is 154 Å². The van der Waals surface area contributed by atoms with E-state index in [4.69, 9.17) is 4.74 Å². The van der Waals surface area contributed by atoms with Gasteiger partial charge < -0.3 is 9.64 Å². The summed E-state index contributed by atoms with van der Waals surface area (Å²) in [7, 11) is 0. The van der Waals surface area contributed by atoms with Crippen LogP contribution in [-0.4, -0.2) is 63.9 Å². The molecule has 6 nitrogen and oxygen atoms in total. The number of amides is 1. The average molecular weight is 354 g/mol. The van der Waals surface area contributed by atoms with Gasteiger partial charge in [0.1, 0.15) is 0 Å². The third-order valence-electron chi connectivity index (χ3n) is 5.30. The predicted octanol–water partition coefficient (Wildman–Crippen LogP) is 1.78. The molecule has 6 heteroatoms. The van der Waals surface area contributed by atoms with Crippen LogP contribution in [0.1, 0.15) is 18.4 Å². The van der Waals surface area contributed by atoms with E-state index in [0.29, 0.717) is 19.6 Å². The molecule has 1 amide bonds. The largest absolute Gasteiger partial charge is 0.374 e. The highest BCUT2D eigenvalue weighted by Crippen LogP contribution is 2.25. The van der Waals surface area contributed by atoms with Crippen molar-refractivity contribution >= 4 is 5.91 Å².